The molecule has 0 aliphatic carbocycles. The van der Waals surface area contributed by atoms with Crippen LogP contribution in [-0.4, -0.2) is 31.4 Å². The average molecular weight is 450 g/mol. The van der Waals surface area contributed by atoms with Crippen LogP contribution >= 0.6 is 0 Å². The van der Waals surface area contributed by atoms with E-state index in [0.29, 0.717) is 11.3 Å². The Balaban J connectivity index is 1.26. The lowest BCUT2D eigenvalue weighted by atomic mass is 10.1. The number of nitrogens with zero attached hydrogens (tertiary/aromatic N) is 2. The number of ether oxygens (including phenoxy) is 3. The van der Waals surface area contributed by atoms with Gasteiger partial charge in [0.1, 0.15) is 0 Å². The number of para-hydroxylation sites is 1. The lowest BCUT2D eigenvalue weighted by Crippen LogP contribution is -1.92. The minimum absolute atomic E-state index is 0.0756. The molecule has 0 spiro atoms. The summed E-state index contributed by atoms with van der Waals surface area (Å²) < 4.78 is 15.9. The van der Waals surface area contributed by atoms with Crippen molar-refractivity contribution in [1.82, 2.24) is 0 Å². The van der Waals surface area contributed by atoms with E-state index in [1.807, 2.05) is 79.0 Å². The zero-order valence-corrected chi connectivity index (χ0v) is 18.5. The van der Waals surface area contributed by atoms with Crippen molar-refractivity contribution in [3.8, 4) is 34.1 Å². The van der Waals surface area contributed by atoms with Crippen LogP contribution in [0.3, 0.4) is 0 Å². The monoisotopic (exact) mass is 450 g/mol. The molecule has 0 fully saturated rings. The molecule has 4 aromatic carbocycles. The molecule has 0 atom stereocenters. The van der Waals surface area contributed by atoms with Crippen molar-refractivity contribution in [3.63, 3.8) is 0 Å². The smallest absolute Gasteiger partial charge is 0.231 e. The quantitative estimate of drug-likeness (QED) is 0.350. The van der Waals surface area contributed by atoms with E-state index >= 15 is 0 Å². The van der Waals surface area contributed by atoms with Gasteiger partial charge in [-0.15, -0.1) is 0 Å². The minimum Gasteiger partial charge on any atom is -0.504 e. The molecule has 6 nitrogen and oxygen atoms in total. The van der Waals surface area contributed by atoms with Crippen LogP contribution in [0.15, 0.2) is 94.9 Å². The molecule has 0 saturated heterocycles. The van der Waals surface area contributed by atoms with Crippen molar-refractivity contribution in [2.24, 2.45) is 9.98 Å². The maximum Gasteiger partial charge on any atom is 0.231 e. The second-order valence-electron chi connectivity index (χ2n) is 7.62. The van der Waals surface area contributed by atoms with E-state index in [-0.39, 0.29) is 12.5 Å². The Kier molecular flexibility index (Phi) is 5.95. The molecule has 0 radical (unpaired) electrons. The van der Waals surface area contributed by atoms with Crippen LogP contribution < -0.4 is 14.2 Å². The van der Waals surface area contributed by atoms with Crippen molar-refractivity contribution < 1.29 is 19.3 Å². The van der Waals surface area contributed by atoms with Gasteiger partial charge in [0.25, 0.3) is 0 Å². The molecule has 1 aliphatic rings. The highest BCUT2D eigenvalue weighted by Crippen LogP contribution is 2.32. The van der Waals surface area contributed by atoms with Gasteiger partial charge in [-0.2, -0.15) is 0 Å². The molecule has 6 heteroatoms. The molecule has 0 unspecified atom stereocenters. The van der Waals surface area contributed by atoms with Gasteiger partial charge >= 0.3 is 0 Å². The number of fused-ring (bicyclic) bond motifs is 1. The lowest BCUT2D eigenvalue weighted by molar-refractivity contribution is 0.174. The van der Waals surface area contributed by atoms with Crippen LogP contribution in [0.2, 0.25) is 0 Å². The average Bonchev–Trinajstić information content (AvgIpc) is 3.36. The summed E-state index contributed by atoms with van der Waals surface area (Å²) in [5.74, 6) is 2.00. The molecule has 0 saturated carbocycles. The fraction of sp³-hybridized carbons (Fsp3) is 0.0714. The molecule has 34 heavy (non-hydrogen) atoms. The lowest BCUT2D eigenvalue weighted by Gasteiger charge is -2.05. The third-order valence-corrected chi connectivity index (χ3v) is 5.43. The highest BCUT2D eigenvalue weighted by Gasteiger charge is 2.12. The predicted molar refractivity (Wildman–Crippen MR) is 134 cm³/mol. The van der Waals surface area contributed by atoms with Crippen LogP contribution in [-0.2, 0) is 0 Å². The minimum atomic E-state index is 0.0756. The maximum absolute atomic E-state index is 10.2. The standard InChI is InChI=1S/C28H22N2O4/c1-32-26-4-2-3-22(28(26)31)17-30-24-12-8-21(9-13-24)20-6-10-23(11-7-20)29-16-19-5-14-25-27(15-19)34-18-33-25/h2-17,31H,18H2,1H3. The van der Waals surface area contributed by atoms with Gasteiger partial charge in [0.2, 0.25) is 6.79 Å². The number of phenols is 1. The first-order chi connectivity index (χ1) is 16.7. The summed E-state index contributed by atoms with van der Waals surface area (Å²) in [6, 6.07) is 27.0. The zero-order chi connectivity index (χ0) is 23.3. The zero-order valence-electron chi connectivity index (χ0n) is 18.5. The van der Waals surface area contributed by atoms with E-state index in [9.17, 15) is 5.11 Å². The second kappa shape index (κ2) is 9.50. The summed E-state index contributed by atoms with van der Waals surface area (Å²) in [5, 5.41) is 10.2. The first-order valence-corrected chi connectivity index (χ1v) is 10.7. The number of hydrogen-bond donors (Lipinski definition) is 1. The van der Waals surface area contributed by atoms with E-state index in [1.165, 1.54) is 7.11 Å². The van der Waals surface area contributed by atoms with Gasteiger partial charge in [-0.3, -0.25) is 9.98 Å². The number of phenolic OH excluding ortho intramolecular Hbond substituents is 1. The van der Waals surface area contributed by atoms with Gasteiger partial charge in [-0.1, -0.05) is 30.3 Å². The molecule has 1 aliphatic heterocycles. The summed E-state index contributed by atoms with van der Waals surface area (Å²) in [5.41, 5.74) is 5.36. The molecular weight excluding hydrogens is 428 g/mol. The number of aliphatic imine (C=N–C) groups is 2. The number of hydrogen-bond acceptors (Lipinski definition) is 6. The van der Waals surface area contributed by atoms with Gasteiger partial charge in [-0.05, 0) is 71.3 Å². The summed E-state index contributed by atoms with van der Waals surface area (Å²) in [6.45, 7) is 0.260. The molecule has 0 amide bonds. The SMILES string of the molecule is COc1cccc(C=Nc2ccc(-c3ccc(N=Cc4ccc5c(c4)OCO5)cc3)cc2)c1O. The molecule has 168 valence electrons. The van der Waals surface area contributed by atoms with Gasteiger partial charge < -0.3 is 19.3 Å². The summed E-state index contributed by atoms with van der Waals surface area (Å²) >= 11 is 0. The van der Waals surface area contributed by atoms with E-state index in [4.69, 9.17) is 14.2 Å². The van der Waals surface area contributed by atoms with Crippen molar-refractivity contribution in [1.29, 1.82) is 0 Å². The van der Waals surface area contributed by atoms with Gasteiger partial charge in [-0.25, -0.2) is 0 Å². The van der Waals surface area contributed by atoms with Crippen molar-refractivity contribution in [2.75, 3.05) is 13.9 Å². The Morgan fingerprint density at radius 1 is 0.765 bits per heavy atom. The van der Waals surface area contributed by atoms with Crippen LogP contribution in [0.4, 0.5) is 11.4 Å². The molecule has 0 bridgehead atoms. The maximum atomic E-state index is 10.2. The topological polar surface area (TPSA) is 72.6 Å². The molecule has 1 heterocycles. The van der Waals surface area contributed by atoms with Gasteiger partial charge in [0, 0.05) is 18.0 Å². The Labute approximate surface area is 197 Å². The Bertz CT molecular complexity index is 1360. The largest absolute Gasteiger partial charge is 0.504 e. The van der Waals surface area contributed by atoms with Crippen LogP contribution in [0, 0.1) is 0 Å². The highest BCUT2D eigenvalue weighted by molar-refractivity contribution is 5.87. The van der Waals surface area contributed by atoms with Crippen molar-refractivity contribution in [2.45, 2.75) is 0 Å². The number of methoxy groups -OCH3 is 1. The molecular formula is C28H22N2O4. The summed E-state index contributed by atoms with van der Waals surface area (Å²) in [4.78, 5) is 9.01. The third kappa shape index (κ3) is 4.61. The van der Waals surface area contributed by atoms with Crippen molar-refractivity contribution >= 4 is 23.8 Å². The van der Waals surface area contributed by atoms with Crippen LogP contribution in [0.25, 0.3) is 11.1 Å². The van der Waals surface area contributed by atoms with Gasteiger partial charge in [0.15, 0.2) is 23.0 Å². The molecule has 4 aromatic rings. The molecule has 5 rings (SSSR count). The van der Waals surface area contributed by atoms with Crippen LogP contribution in [0.5, 0.6) is 23.0 Å². The number of rotatable bonds is 6. The third-order valence-electron chi connectivity index (χ3n) is 5.43. The molecule has 1 N–H and O–H groups in total. The number of aromatic hydroxyl groups is 1. The van der Waals surface area contributed by atoms with Crippen molar-refractivity contribution in [3.05, 3.63) is 96.1 Å². The second-order valence-corrected chi connectivity index (χ2v) is 7.62. The highest BCUT2D eigenvalue weighted by atomic mass is 16.7. The fourth-order valence-electron chi connectivity index (χ4n) is 3.57. The Hall–Kier alpha value is -4.58. The number of benzene rings is 4. The first kappa shape index (κ1) is 21.3. The van der Waals surface area contributed by atoms with Crippen LogP contribution in [0.1, 0.15) is 11.1 Å². The first-order valence-electron chi connectivity index (χ1n) is 10.7. The summed E-state index contributed by atoms with van der Waals surface area (Å²) in [6.07, 6.45) is 3.43. The predicted octanol–water partition coefficient (Wildman–Crippen LogP) is 6.30. The Morgan fingerprint density at radius 3 is 2.09 bits per heavy atom. The Morgan fingerprint density at radius 2 is 1.41 bits per heavy atom. The fourth-order valence-corrected chi connectivity index (χ4v) is 3.57. The normalized spacial score (nSPS) is 12.5. The van der Waals surface area contributed by atoms with Gasteiger partial charge in [0.05, 0.1) is 18.5 Å². The van der Waals surface area contributed by atoms with E-state index in [1.54, 1.807) is 18.3 Å². The van der Waals surface area contributed by atoms with E-state index < -0.39 is 0 Å². The molecule has 0 aromatic heterocycles. The van der Waals surface area contributed by atoms with E-state index in [0.717, 1.165) is 39.6 Å². The van der Waals surface area contributed by atoms with E-state index in [2.05, 4.69) is 9.98 Å². The summed E-state index contributed by atoms with van der Waals surface area (Å²) in [7, 11) is 1.52.